The van der Waals surface area contributed by atoms with Gasteiger partial charge in [0.25, 0.3) is 0 Å². The highest BCUT2D eigenvalue weighted by Crippen LogP contribution is 2.31. The van der Waals surface area contributed by atoms with Crippen molar-refractivity contribution in [3.8, 4) is 11.4 Å². The lowest BCUT2D eigenvalue weighted by molar-refractivity contribution is -0.137. The van der Waals surface area contributed by atoms with E-state index in [1.807, 2.05) is 0 Å². The lowest BCUT2D eigenvalue weighted by Crippen LogP contribution is -2.04. The molecule has 0 saturated heterocycles. The number of hydrogen-bond acceptors (Lipinski definition) is 2. The average Bonchev–Trinajstić information content (AvgIpc) is 2.29. The summed E-state index contributed by atoms with van der Waals surface area (Å²) in [6.45, 7) is 0. The Kier molecular flexibility index (Phi) is 2.79. The van der Waals surface area contributed by atoms with E-state index in [2.05, 4.69) is 9.97 Å². The number of aromatic nitrogens is 2. The zero-order valence-electron chi connectivity index (χ0n) is 8.37. The van der Waals surface area contributed by atoms with E-state index in [1.54, 1.807) is 0 Å². The summed E-state index contributed by atoms with van der Waals surface area (Å²) in [6, 6.07) is 4.56. The Morgan fingerprint density at radius 1 is 1.00 bits per heavy atom. The minimum absolute atomic E-state index is 0.0532. The predicted molar refractivity (Wildman–Crippen MR) is 52.4 cm³/mol. The van der Waals surface area contributed by atoms with Crippen molar-refractivity contribution in [1.29, 1.82) is 0 Å². The van der Waals surface area contributed by atoms with Crippen LogP contribution in [0.4, 0.5) is 17.6 Å². The summed E-state index contributed by atoms with van der Waals surface area (Å²) in [5.41, 5.74) is -0.595. The molecule has 6 heteroatoms. The quantitative estimate of drug-likeness (QED) is 0.717. The Labute approximate surface area is 94.0 Å². The fourth-order valence-corrected chi connectivity index (χ4v) is 1.30. The molecule has 0 saturated carbocycles. The standard InChI is InChI=1S/C11H6F4N2/c12-9-5-16-10(17-6-9)7-2-1-3-8(4-7)11(13,14)15/h1-6H. The van der Waals surface area contributed by atoms with Gasteiger partial charge in [-0.1, -0.05) is 12.1 Å². The first kappa shape index (κ1) is 11.5. The topological polar surface area (TPSA) is 25.8 Å². The van der Waals surface area contributed by atoms with Gasteiger partial charge in [0.05, 0.1) is 18.0 Å². The van der Waals surface area contributed by atoms with Crippen molar-refractivity contribution in [2.75, 3.05) is 0 Å². The van der Waals surface area contributed by atoms with Crippen LogP contribution in [-0.4, -0.2) is 9.97 Å². The maximum Gasteiger partial charge on any atom is 0.416 e. The first-order chi connectivity index (χ1) is 7.97. The van der Waals surface area contributed by atoms with Crippen molar-refractivity contribution < 1.29 is 17.6 Å². The third kappa shape index (κ3) is 2.58. The lowest BCUT2D eigenvalue weighted by Gasteiger charge is -2.07. The number of nitrogens with zero attached hydrogens (tertiary/aromatic N) is 2. The highest BCUT2D eigenvalue weighted by Gasteiger charge is 2.30. The smallest absolute Gasteiger partial charge is 0.233 e. The molecule has 88 valence electrons. The molecule has 0 atom stereocenters. The molecule has 1 aromatic carbocycles. The molecule has 0 spiro atoms. The summed E-state index contributed by atoms with van der Waals surface area (Å²) in [6.07, 6.45) is -2.61. The molecule has 0 N–H and O–H groups in total. The summed E-state index contributed by atoms with van der Waals surface area (Å²) in [4.78, 5) is 7.24. The van der Waals surface area contributed by atoms with E-state index in [1.165, 1.54) is 12.1 Å². The van der Waals surface area contributed by atoms with Crippen LogP contribution in [0, 0.1) is 5.82 Å². The predicted octanol–water partition coefficient (Wildman–Crippen LogP) is 3.30. The molecular formula is C11H6F4N2. The lowest BCUT2D eigenvalue weighted by atomic mass is 10.1. The molecule has 1 aromatic heterocycles. The Balaban J connectivity index is 2.43. The minimum atomic E-state index is -4.42. The summed E-state index contributed by atoms with van der Waals surface area (Å²) in [5.74, 6) is -0.585. The van der Waals surface area contributed by atoms with Crippen LogP contribution in [0.5, 0.6) is 0 Å². The van der Waals surface area contributed by atoms with Crippen molar-refractivity contribution in [2.24, 2.45) is 0 Å². The van der Waals surface area contributed by atoms with E-state index in [9.17, 15) is 17.6 Å². The van der Waals surface area contributed by atoms with Crippen LogP contribution in [0.3, 0.4) is 0 Å². The van der Waals surface area contributed by atoms with E-state index >= 15 is 0 Å². The summed E-state index contributed by atoms with van der Waals surface area (Å²) in [7, 11) is 0. The average molecular weight is 242 g/mol. The monoisotopic (exact) mass is 242 g/mol. The van der Waals surface area contributed by atoms with Gasteiger partial charge in [-0.25, -0.2) is 14.4 Å². The molecule has 17 heavy (non-hydrogen) atoms. The van der Waals surface area contributed by atoms with Crippen LogP contribution in [0.15, 0.2) is 36.7 Å². The van der Waals surface area contributed by atoms with Gasteiger partial charge in [-0.15, -0.1) is 0 Å². The normalized spacial score (nSPS) is 11.5. The maximum absolute atomic E-state index is 12.6. The Morgan fingerprint density at radius 3 is 2.24 bits per heavy atom. The maximum atomic E-state index is 12.6. The Hall–Kier alpha value is -1.98. The highest BCUT2D eigenvalue weighted by atomic mass is 19.4. The largest absolute Gasteiger partial charge is 0.416 e. The zero-order chi connectivity index (χ0) is 12.5. The third-order valence-electron chi connectivity index (χ3n) is 2.07. The van der Waals surface area contributed by atoms with Gasteiger partial charge in [0.1, 0.15) is 0 Å². The number of hydrogen-bond donors (Lipinski definition) is 0. The molecule has 0 bridgehead atoms. The molecule has 0 amide bonds. The Morgan fingerprint density at radius 2 is 1.65 bits per heavy atom. The molecule has 2 nitrogen and oxygen atoms in total. The van der Waals surface area contributed by atoms with Crippen LogP contribution < -0.4 is 0 Å². The zero-order valence-corrected chi connectivity index (χ0v) is 8.37. The number of rotatable bonds is 1. The van der Waals surface area contributed by atoms with Crippen LogP contribution in [0.2, 0.25) is 0 Å². The van der Waals surface area contributed by atoms with Gasteiger partial charge in [-0.2, -0.15) is 13.2 Å². The molecule has 0 unspecified atom stereocenters. The van der Waals surface area contributed by atoms with Gasteiger partial charge in [0.15, 0.2) is 11.6 Å². The fraction of sp³-hybridized carbons (Fsp3) is 0.0909. The molecule has 2 rings (SSSR count). The first-order valence-electron chi connectivity index (χ1n) is 4.62. The minimum Gasteiger partial charge on any atom is -0.233 e. The molecule has 0 radical (unpaired) electrons. The van der Waals surface area contributed by atoms with Gasteiger partial charge in [0, 0.05) is 5.56 Å². The third-order valence-corrected chi connectivity index (χ3v) is 2.07. The molecule has 0 aliphatic rings. The van der Waals surface area contributed by atoms with Gasteiger partial charge in [-0.3, -0.25) is 0 Å². The second kappa shape index (κ2) is 4.12. The Bertz CT molecular complexity index is 520. The second-order valence-corrected chi connectivity index (χ2v) is 3.30. The number of halogens is 4. The number of alkyl halides is 3. The van der Waals surface area contributed by atoms with E-state index in [0.717, 1.165) is 24.5 Å². The van der Waals surface area contributed by atoms with Gasteiger partial charge < -0.3 is 0 Å². The van der Waals surface area contributed by atoms with Gasteiger partial charge in [0.2, 0.25) is 0 Å². The van der Waals surface area contributed by atoms with Crippen molar-refractivity contribution >= 4 is 0 Å². The summed E-state index contributed by atoms with van der Waals surface area (Å²) in [5, 5.41) is 0. The first-order valence-corrected chi connectivity index (χ1v) is 4.62. The van der Waals surface area contributed by atoms with Crippen molar-refractivity contribution in [3.05, 3.63) is 48.0 Å². The van der Waals surface area contributed by atoms with Crippen molar-refractivity contribution in [3.63, 3.8) is 0 Å². The molecular weight excluding hydrogens is 236 g/mol. The SMILES string of the molecule is Fc1cnc(-c2cccc(C(F)(F)F)c2)nc1. The van der Waals surface area contributed by atoms with E-state index in [-0.39, 0.29) is 11.4 Å². The molecule has 0 fully saturated rings. The number of benzene rings is 1. The molecule has 1 heterocycles. The fourth-order valence-electron chi connectivity index (χ4n) is 1.30. The van der Waals surface area contributed by atoms with Crippen LogP contribution in [-0.2, 0) is 6.18 Å². The second-order valence-electron chi connectivity index (χ2n) is 3.30. The van der Waals surface area contributed by atoms with Crippen LogP contribution >= 0.6 is 0 Å². The summed E-state index contributed by atoms with van der Waals surface area (Å²) >= 11 is 0. The van der Waals surface area contributed by atoms with Crippen LogP contribution in [0.25, 0.3) is 11.4 Å². The molecule has 0 aliphatic heterocycles. The highest BCUT2D eigenvalue weighted by molar-refractivity contribution is 5.55. The van der Waals surface area contributed by atoms with Crippen molar-refractivity contribution in [1.82, 2.24) is 9.97 Å². The molecule has 0 aliphatic carbocycles. The van der Waals surface area contributed by atoms with Crippen molar-refractivity contribution in [2.45, 2.75) is 6.18 Å². The molecule has 2 aromatic rings. The summed E-state index contributed by atoms with van der Waals surface area (Å²) < 4.78 is 49.9. The van der Waals surface area contributed by atoms with E-state index in [4.69, 9.17) is 0 Å². The van der Waals surface area contributed by atoms with Crippen LogP contribution in [0.1, 0.15) is 5.56 Å². The van der Waals surface area contributed by atoms with E-state index in [0.29, 0.717) is 0 Å². The van der Waals surface area contributed by atoms with Gasteiger partial charge in [-0.05, 0) is 12.1 Å². The van der Waals surface area contributed by atoms with E-state index < -0.39 is 17.6 Å². The van der Waals surface area contributed by atoms with Gasteiger partial charge >= 0.3 is 6.18 Å².